The van der Waals surface area contributed by atoms with E-state index in [1.165, 1.54) is 24.3 Å². The Hall–Kier alpha value is -2.12. The molecule has 5 nitrogen and oxygen atoms in total. The van der Waals surface area contributed by atoms with Crippen LogP contribution in [0.2, 0.25) is 5.02 Å². The van der Waals surface area contributed by atoms with Crippen molar-refractivity contribution in [2.75, 3.05) is 6.61 Å². The fourth-order valence-corrected chi connectivity index (χ4v) is 2.17. The van der Waals surface area contributed by atoms with E-state index in [-0.39, 0.29) is 22.9 Å². The van der Waals surface area contributed by atoms with E-state index in [0.717, 1.165) is 6.07 Å². The summed E-state index contributed by atoms with van der Waals surface area (Å²) in [5.41, 5.74) is 4.60. The van der Waals surface area contributed by atoms with Crippen LogP contribution in [0.15, 0.2) is 46.9 Å². The molecule has 2 amide bonds. The quantitative estimate of drug-likeness (QED) is 0.774. The Labute approximate surface area is 144 Å². The molecule has 0 aliphatic carbocycles. The maximum Gasteiger partial charge on any atom is 0.276 e. The zero-order valence-electron chi connectivity index (χ0n) is 11.6. The summed E-state index contributed by atoms with van der Waals surface area (Å²) in [5, 5.41) is 0.246. The van der Waals surface area contributed by atoms with E-state index in [1.54, 1.807) is 12.1 Å². The number of ether oxygens (including phenoxy) is 1. The molecule has 0 saturated carbocycles. The number of halogens is 3. The first-order valence-corrected chi connectivity index (χ1v) is 7.55. The van der Waals surface area contributed by atoms with Crippen LogP contribution in [-0.2, 0) is 4.79 Å². The molecule has 2 aromatic rings. The number of carbonyl (C=O) groups is 2. The summed E-state index contributed by atoms with van der Waals surface area (Å²) in [4.78, 5) is 23.5. The second-order valence-corrected chi connectivity index (χ2v) is 5.70. The van der Waals surface area contributed by atoms with Crippen LogP contribution in [0.25, 0.3) is 0 Å². The first kappa shape index (κ1) is 17.2. The van der Waals surface area contributed by atoms with E-state index < -0.39 is 17.6 Å². The monoisotopic (exact) mass is 400 g/mol. The highest BCUT2D eigenvalue weighted by atomic mass is 79.9. The summed E-state index contributed by atoms with van der Waals surface area (Å²) in [6.07, 6.45) is 0. The molecule has 0 unspecified atom stereocenters. The van der Waals surface area contributed by atoms with Crippen molar-refractivity contribution in [3.63, 3.8) is 0 Å². The van der Waals surface area contributed by atoms with E-state index in [9.17, 15) is 14.0 Å². The van der Waals surface area contributed by atoms with Gasteiger partial charge in [0.15, 0.2) is 6.61 Å². The van der Waals surface area contributed by atoms with Gasteiger partial charge in [-0.25, -0.2) is 4.39 Å². The molecule has 2 aromatic carbocycles. The minimum absolute atomic E-state index is 0.201. The highest BCUT2D eigenvalue weighted by Gasteiger charge is 2.12. The van der Waals surface area contributed by atoms with Gasteiger partial charge in [-0.05, 0) is 30.3 Å². The average Bonchev–Trinajstić information content (AvgIpc) is 2.53. The minimum Gasteiger partial charge on any atom is -0.484 e. The first-order chi connectivity index (χ1) is 11.0. The summed E-state index contributed by atoms with van der Waals surface area (Å²) >= 11 is 9.13. The molecule has 0 radical (unpaired) electrons. The molecular formula is C15H11BrClFN2O3. The van der Waals surface area contributed by atoms with Crippen LogP contribution in [0.3, 0.4) is 0 Å². The second kappa shape index (κ2) is 7.94. The summed E-state index contributed by atoms with van der Waals surface area (Å²) in [7, 11) is 0. The Morgan fingerprint density at radius 2 is 1.96 bits per heavy atom. The summed E-state index contributed by atoms with van der Waals surface area (Å²) < 4.78 is 18.7. The number of amides is 2. The third-order valence-electron chi connectivity index (χ3n) is 2.65. The molecule has 0 fully saturated rings. The highest BCUT2D eigenvalue weighted by molar-refractivity contribution is 9.10. The van der Waals surface area contributed by atoms with Gasteiger partial charge in [-0.3, -0.25) is 20.4 Å². The third kappa shape index (κ3) is 5.22. The Bertz CT molecular complexity index is 742. The van der Waals surface area contributed by atoms with Gasteiger partial charge in [0.2, 0.25) is 0 Å². The highest BCUT2D eigenvalue weighted by Crippen LogP contribution is 2.20. The SMILES string of the molecule is O=C(COc1cccc(F)c1)NNC(=O)c1cc(Br)ccc1Cl. The Balaban J connectivity index is 1.84. The molecule has 0 heterocycles. The van der Waals surface area contributed by atoms with E-state index >= 15 is 0 Å². The zero-order chi connectivity index (χ0) is 16.8. The zero-order valence-corrected chi connectivity index (χ0v) is 13.9. The molecule has 0 saturated heterocycles. The lowest BCUT2D eigenvalue weighted by molar-refractivity contribution is -0.123. The van der Waals surface area contributed by atoms with Crippen molar-refractivity contribution in [2.45, 2.75) is 0 Å². The van der Waals surface area contributed by atoms with Gasteiger partial charge in [-0.15, -0.1) is 0 Å². The van der Waals surface area contributed by atoms with Crippen molar-refractivity contribution in [1.29, 1.82) is 0 Å². The van der Waals surface area contributed by atoms with Crippen molar-refractivity contribution in [2.24, 2.45) is 0 Å². The number of benzene rings is 2. The van der Waals surface area contributed by atoms with Gasteiger partial charge in [0.1, 0.15) is 11.6 Å². The van der Waals surface area contributed by atoms with Gasteiger partial charge >= 0.3 is 0 Å². The normalized spacial score (nSPS) is 10.0. The van der Waals surface area contributed by atoms with Crippen LogP contribution in [-0.4, -0.2) is 18.4 Å². The fraction of sp³-hybridized carbons (Fsp3) is 0.0667. The molecular weight excluding hydrogens is 391 g/mol. The molecule has 0 bridgehead atoms. The second-order valence-electron chi connectivity index (χ2n) is 4.37. The van der Waals surface area contributed by atoms with Gasteiger partial charge in [0, 0.05) is 10.5 Å². The molecule has 0 aliphatic rings. The van der Waals surface area contributed by atoms with Crippen LogP contribution in [0.5, 0.6) is 5.75 Å². The standard InChI is InChI=1S/C15H11BrClFN2O3/c16-9-4-5-13(17)12(6-9)15(22)20-19-14(21)8-23-11-3-1-2-10(18)7-11/h1-7H,8H2,(H,19,21)(H,20,22). The van der Waals surface area contributed by atoms with Gasteiger partial charge < -0.3 is 4.74 Å². The average molecular weight is 402 g/mol. The van der Waals surface area contributed by atoms with Gasteiger partial charge in [-0.2, -0.15) is 0 Å². The van der Waals surface area contributed by atoms with Gasteiger partial charge in [0.25, 0.3) is 11.8 Å². The van der Waals surface area contributed by atoms with Crippen LogP contribution in [0, 0.1) is 5.82 Å². The van der Waals surface area contributed by atoms with Gasteiger partial charge in [-0.1, -0.05) is 33.6 Å². The number of carbonyl (C=O) groups excluding carboxylic acids is 2. The minimum atomic E-state index is -0.603. The van der Waals surface area contributed by atoms with Crippen molar-refractivity contribution >= 4 is 39.3 Å². The molecule has 0 spiro atoms. The van der Waals surface area contributed by atoms with E-state index in [1.807, 2.05) is 0 Å². The lowest BCUT2D eigenvalue weighted by Gasteiger charge is -2.10. The Morgan fingerprint density at radius 1 is 1.17 bits per heavy atom. The topological polar surface area (TPSA) is 67.4 Å². The van der Waals surface area contributed by atoms with Crippen LogP contribution >= 0.6 is 27.5 Å². The predicted octanol–water partition coefficient (Wildman–Crippen LogP) is 3.08. The first-order valence-electron chi connectivity index (χ1n) is 6.38. The molecule has 0 aliphatic heterocycles. The number of nitrogens with one attached hydrogen (secondary N) is 2. The molecule has 2 rings (SSSR count). The Morgan fingerprint density at radius 3 is 2.70 bits per heavy atom. The molecule has 120 valence electrons. The summed E-state index contributed by atoms with van der Waals surface area (Å²) in [6, 6.07) is 10.1. The van der Waals surface area contributed by atoms with Crippen molar-refractivity contribution in [3.05, 3.63) is 63.3 Å². The lowest BCUT2D eigenvalue weighted by Crippen LogP contribution is -2.43. The van der Waals surface area contributed by atoms with Crippen molar-refractivity contribution < 1.29 is 18.7 Å². The van der Waals surface area contributed by atoms with Crippen LogP contribution in [0.1, 0.15) is 10.4 Å². The van der Waals surface area contributed by atoms with Crippen molar-refractivity contribution in [1.82, 2.24) is 10.9 Å². The van der Waals surface area contributed by atoms with E-state index in [4.69, 9.17) is 16.3 Å². The number of hydrogen-bond donors (Lipinski definition) is 2. The van der Waals surface area contributed by atoms with Crippen LogP contribution in [0.4, 0.5) is 4.39 Å². The maximum atomic E-state index is 12.9. The number of hydrazine groups is 1. The van der Waals surface area contributed by atoms with E-state index in [2.05, 4.69) is 26.8 Å². The predicted molar refractivity (Wildman–Crippen MR) is 86.7 cm³/mol. The summed E-state index contributed by atoms with van der Waals surface area (Å²) in [5.74, 6) is -1.44. The molecule has 0 atom stereocenters. The number of rotatable bonds is 4. The largest absolute Gasteiger partial charge is 0.484 e. The van der Waals surface area contributed by atoms with E-state index in [0.29, 0.717) is 4.47 Å². The molecule has 8 heteroatoms. The van der Waals surface area contributed by atoms with Crippen LogP contribution < -0.4 is 15.6 Å². The summed E-state index contributed by atoms with van der Waals surface area (Å²) in [6.45, 7) is -0.379. The van der Waals surface area contributed by atoms with Crippen molar-refractivity contribution in [3.8, 4) is 5.75 Å². The molecule has 2 N–H and O–H groups in total. The third-order valence-corrected chi connectivity index (χ3v) is 3.48. The molecule has 23 heavy (non-hydrogen) atoms. The van der Waals surface area contributed by atoms with Gasteiger partial charge in [0.05, 0.1) is 10.6 Å². The maximum absolute atomic E-state index is 12.9. The smallest absolute Gasteiger partial charge is 0.276 e. The Kier molecular flexibility index (Phi) is 5.95. The fourth-order valence-electron chi connectivity index (χ4n) is 1.61. The lowest BCUT2D eigenvalue weighted by atomic mass is 10.2. The molecule has 0 aromatic heterocycles. The number of hydrogen-bond acceptors (Lipinski definition) is 3.